The zero-order valence-corrected chi connectivity index (χ0v) is 9.61. The minimum Gasteiger partial charge on any atom is -0.481 e. The summed E-state index contributed by atoms with van der Waals surface area (Å²) in [5.74, 6) is -0.142. The monoisotopic (exact) mass is 215 g/mol. The van der Waals surface area contributed by atoms with Crippen molar-refractivity contribution >= 4 is 5.97 Å². The van der Waals surface area contributed by atoms with Crippen molar-refractivity contribution in [1.82, 2.24) is 4.90 Å². The first-order chi connectivity index (χ1) is 7.13. The molecule has 4 heteroatoms. The highest BCUT2D eigenvalue weighted by Gasteiger charge is 2.24. The van der Waals surface area contributed by atoms with Gasteiger partial charge in [0.1, 0.15) is 0 Å². The fraction of sp³-hybridized carbons (Fsp3) is 0.909. The molecule has 1 aliphatic heterocycles. The first-order valence-corrected chi connectivity index (χ1v) is 5.58. The van der Waals surface area contributed by atoms with Crippen LogP contribution in [0.5, 0.6) is 0 Å². The number of likely N-dealkylation sites (tertiary alicyclic amines) is 1. The Labute approximate surface area is 91.2 Å². The Morgan fingerprint density at radius 2 is 2.40 bits per heavy atom. The predicted octanol–water partition coefficient (Wildman–Crippen LogP) is 1.21. The van der Waals surface area contributed by atoms with Gasteiger partial charge in [-0.1, -0.05) is 0 Å². The SMILES string of the molecule is COCC1CCCN(C(C)CC(=O)O)C1. The number of hydrogen-bond acceptors (Lipinski definition) is 3. The Kier molecular flexibility index (Phi) is 5.05. The van der Waals surface area contributed by atoms with Gasteiger partial charge in [-0.25, -0.2) is 0 Å². The van der Waals surface area contributed by atoms with Crippen LogP contribution < -0.4 is 0 Å². The fourth-order valence-electron chi connectivity index (χ4n) is 2.25. The van der Waals surface area contributed by atoms with Crippen molar-refractivity contribution in [2.75, 3.05) is 26.8 Å². The molecule has 1 rings (SSSR count). The van der Waals surface area contributed by atoms with Crippen molar-refractivity contribution in [2.45, 2.75) is 32.2 Å². The van der Waals surface area contributed by atoms with Gasteiger partial charge in [0.2, 0.25) is 0 Å². The number of methoxy groups -OCH3 is 1. The van der Waals surface area contributed by atoms with E-state index in [2.05, 4.69) is 4.90 Å². The maximum absolute atomic E-state index is 10.6. The summed E-state index contributed by atoms with van der Waals surface area (Å²) in [5, 5.41) is 8.73. The average Bonchev–Trinajstić information content (AvgIpc) is 2.17. The third kappa shape index (κ3) is 4.18. The largest absolute Gasteiger partial charge is 0.481 e. The maximum Gasteiger partial charge on any atom is 0.304 e. The third-order valence-electron chi connectivity index (χ3n) is 3.05. The summed E-state index contributed by atoms with van der Waals surface area (Å²) in [5.41, 5.74) is 0. The van der Waals surface area contributed by atoms with Crippen LogP contribution in [-0.2, 0) is 9.53 Å². The first-order valence-electron chi connectivity index (χ1n) is 5.58. The van der Waals surface area contributed by atoms with E-state index in [-0.39, 0.29) is 12.5 Å². The molecule has 0 amide bonds. The van der Waals surface area contributed by atoms with Gasteiger partial charge in [0.05, 0.1) is 13.0 Å². The van der Waals surface area contributed by atoms with Crippen molar-refractivity contribution in [2.24, 2.45) is 5.92 Å². The minimum atomic E-state index is -0.712. The molecule has 0 aromatic rings. The van der Waals surface area contributed by atoms with Crippen molar-refractivity contribution in [3.63, 3.8) is 0 Å². The van der Waals surface area contributed by atoms with Crippen LogP contribution >= 0.6 is 0 Å². The normalized spacial score (nSPS) is 25.1. The highest BCUT2D eigenvalue weighted by Crippen LogP contribution is 2.19. The zero-order valence-electron chi connectivity index (χ0n) is 9.61. The second kappa shape index (κ2) is 6.08. The molecule has 1 aliphatic rings. The first kappa shape index (κ1) is 12.5. The van der Waals surface area contributed by atoms with Crippen molar-refractivity contribution in [3.05, 3.63) is 0 Å². The van der Waals surface area contributed by atoms with Crippen LogP contribution in [0.15, 0.2) is 0 Å². The number of piperidine rings is 1. The van der Waals surface area contributed by atoms with Crippen LogP contribution in [0, 0.1) is 5.92 Å². The van der Waals surface area contributed by atoms with E-state index >= 15 is 0 Å². The number of nitrogens with zero attached hydrogens (tertiary/aromatic N) is 1. The lowest BCUT2D eigenvalue weighted by molar-refractivity contribution is -0.138. The van der Waals surface area contributed by atoms with Gasteiger partial charge >= 0.3 is 5.97 Å². The summed E-state index contributed by atoms with van der Waals surface area (Å²) in [4.78, 5) is 12.9. The average molecular weight is 215 g/mol. The van der Waals surface area contributed by atoms with Gasteiger partial charge in [-0.05, 0) is 32.2 Å². The molecule has 0 aliphatic carbocycles. The molecule has 0 aromatic heterocycles. The van der Waals surface area contributed by atoms with Crippen LogP contribution in [-0.4, -0.2) is 48.8 Å². The molecule has 2 atom stereocenters. The second-order valence-corrected chi connectivity index (χ2v) is 4.41. The Hall–Kier alpha value is -0.610. The third-order valence-corrected chi connectivity index (χ3v) is 3.05. The number of carboxylic acid groups (broad SMARTS) is 1. The van der Waals surface area contributed by atoms with Gasteiger partial charge < -0.3 is 9.84 Å². The van der Waals surface area contributed by atoms with Crippen LogP contribution in [0.1, 0.15) is 26.2 Å². The molecule has 1 heterocycles. The van der Waals surface area contributed by atoms with Gasteiger partial charge in [-0.2, -0.15) is 0 Å². The van der Waals surface area contributed by atoms with Gasteiger partial charge in [0, 0.05) is 19.7 Å². The number of carboxylic acids is 1. The van der Waals surface area contributed by atoms with E-state index in [4.69, 9.17) is 9.84 Å². The zero-order chi connectivity index (χ0) is 11.3. The summed E-state index contributed by atoms with van der Waals surface area (Å²) in [7, 11) is 1.72. The molecular weight excluding hydrogens is 194 g/mol. The van der Waals surface area contributed by atoms with E-state index in [1.165, 1.54) is 6.42 Å². The Morgan fingerprint density at radius 3 is 3.00 bits per heavy atom. The molecule has 1 saturated heterocycles. The maximum atomic E-state index is 10.6. The summed E-state index contributed by atoms with van der Waals surface area (Å²) in [6.45, 7) is 4.77. The Balaban J connectivity index is 2.37. The van der Waals surface area contributed by atoms with Gasteiger partial charge in [0.25, 0.3) is 0 Å². The van der Waals surface area contributed by atoms with Crippen LogP contribution in [0.2, 0.25) is 0 Å². The van der Waals surface area contributed by atoms with E-state index in [0.717, 1.165) is 26.1 Å². The molecule has 1 fully saturated rings. The molecule has 15 heavy (non-hydrogen) atoms. The van der Waals surface area contributed by atoms with E-state index in [1.807, 2.05) is 6.92 Å². The quantitative estimate of drug-likeness (QED) is 0.749. The molecule has 88 valence electrons. The number of hydrogen-bond donors (Lipinski definition) is 1. The minimum absolute atomic E-state index is 0.141. The van der Waals surface area contributed by atoms with E-state index < -0.39 is 5.97 Å². The fourth-order valence-corrected chi connectivity index (χ4v) is 2.25. The van der Waals surface area contributed by atoms with Gasteiger partial charge in [-0.15, -0.1) is 0 Å². The van der Waals surface area contributed by atoms with Crippen LogP contribution in [0.25, 0.3) is 0 Å². The molecular formula is C11H21NO3. The molecule has 2 unspecified atom stereocenters. The number of carbonyl (C=O) groups is 1. The highest BCUT2D eigenvalue weighted by molar-refractivity contribution is 5.67. The molecule has 4 nitrogen and oxygen atoms in total. The summed E-state index contributed by atoms with van der Waals surface area (Å²) < 4.78 is 5.15. The molecule has 0 aromatic carbocycles. The standard InChI is InChI=1S/C11H21NO3/c1-9(6-11(13)14)12-5-3-4-10(7-12)8-15-2/h9-10H,3-8H2,1-2H3,(H,13,14). The number of rotatable bonds is 5. The Morgan fingerprint density at radius 1 is 1.67 bits per heavy atom. The topological polar surface area (TPSA) is 49.8 Å². The second-order valence-electron chi connectivity index (χ2n) is 4.41. The number of aliphatic carboxylic acids is 1. The number of ether oxygens (including phenoxy) is 1. The van der Waals surface area contributed by atoms with Crippen molar-refractivity contribution in [3.8, 4) is 0 Å². The van der Waals surface area contributed by atoms with E-state index in [9.17, 15) is 4.79 Å². The highest BCUT2D eigenvalue weighted by atomic mass is 16.5. The lowest BCUT2D eigenvalue weighted by atomic mass is 9.97. The molecule has 0 radical (unpaired) electrons. The van der Waals surface area contributed by atoms with Crippen LogP contribution in [0.3, 0.4) is 0 Å². The summed E-state index contributed by atoms with van der Waals surface area (Å²) >= 11 is 0. The molecule has 0 bridgehead atoms. The van der Waals surface area contributed by atoms with Crippen molar-refractivity contribution < 1.29 is 14.6 Å². The Bertz CT molecular complexity index is 206. The van der Waals surface area contributed by atoms with E-state index in [0.29, 0.717) is 5.92 Å². The molecule has 1 N–H and O–H groups in total. The summed E-state index contributed by atoms with van der Waals surface area (Å²) in [6, 6.07) is 0.141. The molecule has 0 saturated carbocycles. The molecule has 0 spiro atoms. The van der Waals surface area contributed by atoms with Gasteiger partial charge in [0.15, 0.2) is 0 Å². The summed E-state index contributed by atoms with van der Waals surface area (Å²) in [6.07, 6.45) is 2.59. The smallest absolute Gasteiger partial charge is 0.304 e. The van der Waals surface area contributed by atoms with Gasteiger partial charge in [-0.3, -0.25) is 9.69 Å². The van der Waals surface area contributed by atoms with Crippen molar-refractivity contribution in [1.29, 1.82) is 0 Å². The lowest BCUT2D eigenvalue weighted by Crippen LogP contribution is -2.43. The predicted molar refractivity (Wildman–Crippen MR) is 57.9 cm³/mol. The lowest BCUT2D eigenvalue weighted by Gasteiger charge is -2.36. The van der Waals surface area contributed by atoms with Crippen LogP contribution in [0.4, 0.5) is 0 Å². The van der Waals surface area contributed by atoms with E-state index in [1.54, 1.807) is 7.11 Å².